The van der Waals surface area contributed by atoms with Crippen LogP contribution < -0.4 is 0 Å². The Kier molecular flexibility index (Phi) is 7.36. The van der Waals surface area contributed by atoms with Crippen molar-refractivity contribution in [2.75, 3.05) is 27.1 Å². The first-order valence-corrected chi connectivity index (χ1v) is 8.54. The van der Waals surface area contributed by atoms with E-state index in [2.05, 4.69) is 0 Å². The highest BCUT2D eigenvalue weighted by atomic mass is 32.2. The highest BCUT2D eigenvalue weighted by Gasteiger charge is 2.36. The van der Waals surface area contributed by atoms with Gasteiger partial charge in [0.25, 0.3) is 10.1 Å². The van der Waals surface area contributed by atoms with Crippen LogP contribution in [-0.4, -0.2) is 48.9 Å². The maximum atomic E-state index is 10.4. The normalized spacial score (nSPS) is 13.0. The Morgan fingerprint density at radius 3 is 1.88 bits per heavy atom. The highest BCUT2D eigenvalue weighted by molar-refractivity contribution is 7.85. The Morgan fingerprint density at radius 1 is 1.00 bits per heavy atom. The first-order valence-electron chi connectivity index (χ1n) is 5.00. The smallest absolute Gasteiger partial charge is 0.377 e. The lowest BCUT2D eigenvalue weighted by Crippen LogP contribution is -2.42. The maximum absolute atomic E-state index is 10.4. The molecule has 0 saturated carbocycles. The van der Waals surface area contributed by atoms with Gasteiger partial charge >= 0.3 is 8.80 Å². The van der Waals surface area contributed by atoms with Gasteiger partial charge in [-0.05, 0) is 12.8 Å². The van der Waals surface area contributed by atoms with Gasteiger partial charge in [-0.2, -0.15) is 8.42 Å². The van der Waals surface area contributed by atoms with Crippen LogP contribution in [0.1, 0.15) is 19.3 Å². The van der Waals surface area contributed by atoms with Gasteiger partial charge in [0.15, 0.2) is 0 Å². The summed E-state index contributed by atoms with van der Waals surface area (Å²) in [6, 6.07) is 0.641. The first kappa shape index (κ1) is 16.0. The molecule has 0 aromatic carbocycles. The fourth-order valence-corrected chi connectivity index (χ4v) is 3.72. The predicted molar refractivity (Wildman–Crippen MR) is 61.9 cm³/mol. The van der Waals surface area contributed by atoms with Crippen molar-refractivity contribution in [1.82, 2.24) is 0 Å². The summed E-state index contributed by atoms with van der Waals surface area (Å²) in [7, 11) is -1.75. The van der Waals surface area contributed by atoms with Crippen LogP contribution in [0.25, 0.3) is 0 Å². The standard InChI is InChI=1S/C8H20O6SSi/c1-12-16(13-2,14-3)8-6-4-5-7-15(9,10)11/h4-8H2,1-3H3,(H,9,10,11). The molecule has 0 bridgehead atoms. The fourth-order valence-electron chi connectivity index (χ4n) is 1.36. The summed E-state index contributed by atoms with van der Waals surface area (Å²) in [6.07, 6.45) is 1.86. The first-order chi connectivity index (χ1) is 7.39. The molecule has 0 rings (SSSR count). The van der Waals surface area contributed by atoms with Crippen LogP contribution in [-0.2, 0) is 23.4 Å². The van der Waals surface area contributed by atoms with Crippen LogP contribution in [0.5, 0.6) is 0 Å². The summed E-state index contributed by atoms with van der Waals surface area (Å²) >= 11 is 0. The molecule has 8 heteroatoms. The Hall–Kier alpha value is 0.00688. The van der Waals surface area contributed by atoms with Gasteiger partial charge in [0, 0.05) is 27.4 Å². The molecule has 0 radical (unpaired) electrons. The van der Waals surface area contributed by atoms with Crippen LogP contribution in [0, 0.1) is 0 Å². The van der Waals surface area contributed by atoms with E-state index in [1.54, 1.807) is 0 Å². The molecule has 0 aliphatic heterocycles. The minimum absolute atomic E-state index is 0.200. The van der Waals surface area contributed by atoms with Gasteiger partial charge in [0.05, 0.1) is 5.75 Å². The molecular formula is C8H20O6SSi. The lowest BCUT2D eigenvalue weighted by molar-refractivity contribution is 0.123. The van der Waals surface area contributed by atoms with Crippen molar-refractivity contribution in [1.29, 1.82) is 0 Å². The van der Waals surface area contributed by atoms with Crippen LogP contribution in [0.2, 0.25) is 6.04 Å². The monoisotopic (exact) mass is 272 g/mol. The topological polar surface area (TPSA) is 82.1 Å². The molecule has 0 spiro atoms. The molecule has 0 aliphatic rings. The van der Waals surface area contributed by atoms with Crippen LogP contribution in [0.3, 0.4) is 0 Å². The highest BCUT2D eigenvalue weighted by Crippen LogP contribution is 2.17. The second kappa shape index (κ2) is 7.36. The molecule has 6 nitrogen and oxygen atoms in total. The lowest BCUT2D eigenvalue weighted by atomic mass is 10.3. The minimum atomic E-state index is -3.84. The summed E-state index contributed by atoms with van der Waals surface area (Å²) in [5.41, 5.74) is 0. The third-order valence-corrected chi connectivity index (χ3v) is 5.95. The number of rotatable bonds is 9. The van der Waals surface area contributed by atoms with Gasteiger partial charge in [-0.3, -0.25) is 4.55 Å². The predicted octanol–water partition coefficient (Wildman–Crippen LogP) is 0.923. The molecule has 0 unspecified atom stereocenters. The maximum Gasteiger partial charge on any atom is 0.500 e. The van der Waals surface area contributed by atoms with Gasteiger partial charge in [0.2, 0.25) is 0 Å². The van der Waals surface area contributed by atoms with Crippen LogP contribution >= 0.6 is 0 Å². The van der Waals surface area contributed by atoms with Gasteiger partial charge in [0.1, 0.15) is 0 Å². The molecule has 98 valence electrons. The average Bonchev–Trinajstić information content (AvgIpc) is 2.23. The number of hydrogen-bond donors (Lipinski definition) is 1. The third-order valence-electron chi connectivity index (χ3n) is 2.32. The van der Waals surface area contributed by atoms with E-state index in [9.17, 15) is 8.42 Å². The molecule has 0 fully saturated rings. The second-order valence-corrected chi connectivity index (χ2v) is 8.05. The van der Waals surface area contributed by atoms with Gasteiger partial charge < -0.3 is 13.3 Å². The van der Waals surface area contributed by atoms with Crippen molar-refractivity contribution < 1.29 is 26.2 Å². The van der Waals surface area contributed by atoms with Crippen molar-refractivity contribution in [2.24, 2.45) is 0 Å². The van der Waals surface area contributed by atoms with Gasteiger partial charge in [-0.1, -0.05) is 6.42 Å². The van der Waals surface area contributed by atoms with E-state index in [4.69, 9.17) is 17.8 Å². The van der Waals surface area contributed by atoms with Gasteiger partial charge in [-0.15, -0.1) is 0 Å². The largest absolute Gasteiger partial charge is 0.500 e. The van der Waals surface area contributed by atoms with E-state index < -0.39 is 18.9 Å². The summed E-state index contributed by atoms with van der Waals surface area (Å²) in [6.45, 7) is 0. The zero-order valence-corrected chi connectivity index (χ0v) is 11.7. The Morgan fingerprint density at radius 2 is 1.50 bits per heavy atom. The van der Waals surface area contributed by atoms with Crippen molar-refractivity contribution in [3.63, 3.8) is 0 Å². The molecule has 0 heterocycles. The van der Waals surface area contributed by atoms with Crippen molar-refractivity contribution in [2.45, 2.75) is 25.3 Å². The van der Waals surface area contributed by atoms with E-state index in [-0.39, 0.29) is 5.75 Å². The summed E-state index contributed by atoms with van der Waals surface area (Å²) in [4.78, 5) is 0. The average molecular weight is 272 g/mol. The van der Waals surface area contributed by atoms with Gasteiger partial charge in [-0.25, -0.2) is 0 Å². The lowest BCUT2D eigenvalue weighted by Gasteiger charge is -2.24. The Bertz CT molecular complexity index is 266. The molecular weight excluding hydrogens is 252 g/mol. The summed E-state index contributed by atoms with van der Waals surface area (Å²) < 4.78 is 45.1. The molecule has 0 atom stereocenters. The minimum Gasteiger partial charge on any atom is -0.377 e. The van der Waals surface area contributed by atoms with Crippen molar-refractivity contribution >= 4 is 18.9 Å². The second-order valence-electron chi connectivity index (χ2n) is 3.39. The quantitative estimate of drug-likeness (QED) is 0.382. The molecule has 0 aromatic heterocycles. The zero-order chi connectivity index (χ0) is 12.7. The SMILES string of the molecule is CO[Si](CCCCCS(=O)(=O)O)(OC)OC. The van der Waals surface area contributed by atoms with E-state index >= 15 is 0 Å². The number of hydrogen-bond acceptors (Lipinski definition) is 5. The zero-order valence-electron chi connectivity index (χ0n) is 9.93. The van der Waals surface area contributed by atoms with Crippen LogP contribution in [0.4, 0.5) is 0 Å². The molecule has 0 amide bonds. The molecule has 0 saturated heterocycles. The summed E-state index contributed by atoms with van der Waals surface area (Å²) in [5.74, 6) is -0.200. The molecule has 16 heavy (non-hydrogen) atoms. The van der Waals surface area contributed by atoms with E-state index in [1.807, 2.05) is 0 Å². The molecule has 0 aromatic rings. The molecule has 0 aliphatic carbocycles. The fraction of sp³-hybridized carbons (Fsp3) is 1.00. The Labute approximate surface area is 98.0 Å². The Balaban J connectivity index is 3.80. The molecule has 1 N–H and O–H groups in total. The van der Waals surface area contributed by atoms with E-state index in [0.717, 1.165) is 6.42 Å². The van der Waals surface area contributed by atoms with Crippen LogP contribution in [0.15, 0.2) is 0 Å². The summed E-state index contributed by atoms with van der Waals surface area (Å²) in [5, 5.41) is 0. The third kappa shape index (κ3) is 6.56. The van der Waals surface area contributed by atoms with E-state index in [1.165, 1.54) is 21.3 Å². The number of unbranched alkanes of at least 4 members (excludes halogenated alkanes) is 2. The van der Waals surface area contributed by atoms with E-state index in [0.29, 0.717) is 18.9 Å². The van der Waals surface area contributed by atoms with Crippen molar-refractivity contribution in [3.8, 4) is 0 Å². The van der Waals surface area contributed by atoms with Crippen molar-refractivity contribution in [3.05, 3.63) is 0 Å².